The lowest BCUT2D eigenvalue weighted by Crippen LogP contribution is -2.54. The molecule has 16 heteroatoms. The second-order valence-electron chi connectivity index (χ2n) is 19.6. The summed E-state index contributed by atoms with van der Waals surface area (Å²) >= 11 is 0. The largest absolute Gasteiger partial charge is 0.507 e. The minimum Gasteiger partial charge on any atom is -0.507 e. The van der Waals surface area contributed by atoms with E-state index >= 15 is 0 Å². The Morgan fingerprint density at radius 1 is 0.957 bits per heavy atom. The van der Waals surface area contributed by atoms with Gasteiger partial charge in [0.1, 0.15) is 23.3 Å². The molecule has 0 unspecified atom stereocenters. The van der Waals surface area contributed by atoms with Crippen molar-refractivity contribution in [2.24, 2.45) is 28.7 Å². The molecule has 5 bridgehead atoms. The number of esters is 1. The van der Waals surface area contributed by atoms with Crippen LogP contribution in [0.3, 0.4) is 0 Å². The lowest BCUT2D eigenvalue weighted by molar-refractivity contribution is -0.160. The number of fused-ring (bicyclic) bond motifs is 4. The number of amides is 1. The summed E-state index contributed by atoms with van der Waals surface area (Å²) in [5.74, 6) is -7.40. The number of aromatic nitrogens is 1. The van der Waals surface area contributed by atoms with E-state index < -0.39 is 88.6 Å². The number of allylic oxidation sites excluding steroid dienone is 4. The van der Waals surface area contributed by atoms with Gasteiger partial charge in [0.15, 0.2) is 0 Å². The number of piperidine rings is 1. The zero-order valence-corrected chi connectivity index (χ0v) is 40.7. The second-order valence-corrected chi connectivity index (χ2v) is 19.6. The van der Waals surface area contributed by atoms with E-state index in [1.807, 2.05) is 30.5 Å². The monoisotopic (exact) mass is 945 g/mol. The highest BCUT2D eigenvalue weighted by Gasteiger charge is 2.53. The van der Waals surface area contributed by atoms with E-state index in [1.165, 1.54) is 34.1 Å². The van der Waals surface area contributed by atoms with E-state index in [2.05, 4.69) is 26.6 Å². The van der Waals surface area contributed by atoms with E-state index in [-0.39, 0.29) is 50.7 Å². The Kier molecular flexibility index (Phi) is 13.8. The number of aliphatic imine (C=N–C) groups is 1. The maximum Gasteiger partial charge on any atom is 0.312 e. The van der Waals surface area contributed by atoms with Crippen LogP contribution in [0.5, 0.6) is 11.5 Å². The van der Waals surface area contributed by atoms with E-state index in [0.717, 1.165) is 16.5 Å². The molecule has 69 heavy (non-hydrogen) atoms. The number of rotatable bonds is 4. The first-order valence-electron chi connectivity index (χ1n) is 23.7. The molecule has 366 valence electrons. The van der Waals surface area contributed by atoms with Crippen molar-refractivity contribution in [2.75, 3.05) is 26.7 Å². The van der Waals surface area contributed by atoms with Crippen molar-refractivity contribution in [1.29, 1.82) is 0 Å². The maximum absolute atomic E-state index is 14.9. The fourth-order valence-corrected chi connectivity index (χ4v) is 10.4. The number of hydrogen-bond donors (Lipinski definition) is 5. The van der Waals surface area contributed by atoms with E-state index in [9.17, 15) is 34.5 Å². The summed E-state index contributed by atoms with van der Waals surface area (Å²) in [4.78, 5) is 68.7. The minimum atomic E-state index is -2.00. The number of carbonyl (C=O) groups is 4. The van der Waals surface area contributed by atoms with Gasteiger partial charge in [0, 0.05) is 99.1 Å². The van der Waals surface area contributed by atoms with Crippen LogP contribution in [-0.2, 0) is 30.3 Å². The maximum atomic E-state index is 14.9. The van der Waals surface area contributed by atoms with Crippen molar-refractivity contribution >= 4 is 40.1 Å². The first kappa shape index (κ1) is 49.2. The zero-order chi connectivity index (χ0) is 49.7. The molecule has 1 amide bonds. The Labute approximate surface area is 402 Å². The van der Waals surface area contributed by atoms with Gasteiger partial charge in [-0.1, -0.05) is 64.1 Å². The molecule has 1 spiro atoms. The number of pyridine rings is 1. The standard InChI is InChI=1S/C53H63N5O11/c1-27-13-12-14-28(2)51(65)56-43-42-41(57-53(26-55-42)18-20-58(21-19-53)25-34-23-35-15-10-11-16-36(35)54-24-34)38-39(47(43)63)46(62)32(6)49-40(38)50(64)52(8,69-49)67-22-17-37(66-9)29(3)48(68-33(7)59)31(5)45(61)30(4)44(27)60/h10-17,22-24,27,29-31,37,44-45,48,55,60-62H,18-21,25-26H2,1-9H3,(H,56,65)/b13-12+,22-17+,28-14-/t27-,29+,30+,31+,37-,44-,45+,48+,52-/m0/s1. The molecule has 1 fully saturated rings. The van der Waals surface area contributed by atoms with Crippen LogP contribution in [0.15, 0.2) is 89.1 Å². The third-order valence-electron chi connectivity index (χ3n) is 14.8. The second kappa shape index (κ2) is 19.3. The SMILES string of the molecule is CO[C@H]1/C=C/O[C@@]2(C)Oc3c(C)c(O)c4c(c3C2=O)C2=NC3(CCN(Cc5cnc6ccccc6c5)CC3)CNC2=C(NC(=O)/C(C)=C\C=C\[C@H](C)[C@H](O)[C@@H](C)[C@@H](O)[C@@H](C)[C@H](OC(C)=O)[C@@H]1C)C4=O. The van der Waals surface area contributed by atoms with Crippen molar-refractivity contribution in [3.63, 3.8) is 0 Å². The molecular weight excluding hydrogens is 883 g/mol. The van der Waals surface area contributed by atoms with Crippen LogP contribution in [-0.4, -0.2) is 117 Å². The number of phenols is 1. The number of benzene rings is 2. The predicted octanol–water partition coefficient (Wildman–Crippen LogP) is 5.75. The molecule has 0 saturated carbocycles. The normalized spacial score (nSPS) is 31.4. The first-order valence-corrected chi connectivity index (χ1v) is 23.7. The van der Waals surface area contributed by atoms with Gasteiger partial charge in [-0.15, -0.1) is 0 Å². The third kappa shape index (κ3) is 9.22. The Balaban J connectivity index is 1.20. The first-order chi connectivity index (χ1) is 32.8. The molecule has 1 aliphatic carbocycles. The molecule has 9 atom stereocenters. The summed E-state index contributed by atoms with van der Waals surface area (Å²) in [5.41, 5.74) is 1.86. The summed E-state index contributed by atoms with van der Waals surface area (Å²) in [5, 5.41) is 42.4. The molecule has 3 aromatic rings. The fourth-order valence-electron chi connectivity index (χ4n) is 10.4. The van der Waals surface area contributed by atoms with Crippen LogP contribution in [0.25, 0.3) is 10.9 Å². The van der Waals surface area contributed by atoms with E-state index in [4.69, 9.17) is 23.9 Å². The van der Waals surface area contributed by atoms with Crippen LogP contribution >= 0.6 is 0 Å². The summed E-state index contributed by atoms with van der Waals surface area (Å²) in [6, 6.07) is 10.2. The zero-order valence-electron chi connectivity index (χ0n) is 40.7. The fraction of sp³-hybridized carbons (Fsp3) is 0.472. The van der Waals surface area contributed by atoms with Crippen LogP contribution in [0.2, 0.25) is 0 Å². The van der Waals surface area contributed by atoms with Gasteiger partial charge in [0.05, 0.1) is 58.2 Å². The number of aromatic hydroxyl groups is 1. The van der Waals surface area contributed by atoms with Gasteiger partial charge in [-0.2, -0.15) is 0 Å². The highest BCUT2D eigenvalue weighted by molar-refractivity contribution is 6.34. The van der Waals surface area contributed by atoms with Crippen molar-refractivity contribution in [3.05, 3.63) is 112 Å². The van der Waals surface area contributed by atoms with Gasteiger partial charge in [-0.3, -0.25) is 34.1 Å². The average Bonchev–Trinajstić information content (AvgIpc) is 3.60. The summed E-state index contributed by atoms with van der Waals surface area (Å²) in [6.45, 7) is 15.2. The number of nitrogens with zero attached hydrogens (tertiary/aromatic N) is 3. The van der Waals surface area contributed by atoms with Gasteiger partial charge in [-0.25, -0.2) is 0 Å². The number of aliphatic hydroxyl groups is 2. The molecule has 0 radical (unpaired) electrons. The van der Waals surface area contributed by atoms with Crippen molar-refractivity contribution in [1.82, 2.24) is 20.5 Å². The van der Waals surface area contributed by atoms with Gasteiger partial charge < -0.3 is 44.9 Å². The van der Waals surface area contributed by atoms with E-state index in [1.54, 1.807) is 58.9 Å². The lowest BCUT2D eigenvalue weighted by Gasteiger charge is -2.44. The van der Waals surface area contributed by atoms with Crippen molar-refractivity contribution < 1.29 is 53.4 Å². The number of nitrogens with one attached hydrogen (secondary N) is 2. The predicted molar refractivity (Wildman–Crippen MR) is 257 cm³/mol. The van der Waals surface area contributed by atoms with Gasteiger partial charge in [-0.05, 0) is 50.5 Å². The molecule has 5 aliphatic rings. The van der Waals surface area contributed by atoms with Crippen LogP contribution in [0.4, 0.5) is 0 Å². The number of para-hydroxylation sites is 1. The smallest absolute Gasteiger partial charge is 0.312 e. The number of likely N-dealkylation sites (tertiary alicyclic amines) is 1. The molecule has 1 aromatic heterocycles. The summed E-state index contributed by atoms with van der Waals surface area (Å²) < 4.78 is 24.2. The highest BCUT2D eigenvalue weighted by Crippen LogP contribution is 2.50. The number of hydrogen-bond acceptors (Lipinski definition) is 15. The summed E-state index contributed by atoms with van der Waals surface area (Å²) in [7, 11) is 1.47. The molecule has 1 saturated heterocycles. The Hall–Kier alpha value is -6.20. The van der Waals surface area contributed by atoms with Crippen molar-refractivity contribution in [3.8, 4) is 11.5 Å². The van der Waals surface area contributed by atoms with Crippen LogP contribution in [0.1, 0.15) is 98.7 Å². The van der Waals surface area contributed by atoms with Gasteiger partial charge >= 0.3 is 11.8 Å². The van der Waals surface area contributed by atoms with Crippen LogP contribution in [0, 0.1) is 30.6 Å². The number of ether oxygens (including phenoxy) is 4. The summed E-state index contributed by atoms with van der Waals surface area (Å²) in [6.07, 6.45) is 6.99. The Bertz CT molecular complexity index is 2730. The van der Waals surface area contributed by atoms with Crippen molar-refractivity contribution in [2.45, 2.75) is 111 Å². The molecule has 2 aromatic carbocycles. The molecule has 16 nitrogen and oxygen atoms in total. The number of Topliss-reactive ketones (excluding diaryl/α,β-unsaturated/α-hetero) is 2. The van der Waals surface area contributed by atoms with E-state index in [0.29, 0.717) is 39.0 Å². The Morgan fingerprint density at radius 2 is 1.68 bits per heavy atom. The number of methoxy groups -OCH3 is 1. The van der Waals surface area contributed by atoms with Crippen LogP contribution < -0.4 is 15.4 Å². The highest BCUT2D eigenvalue weighted by atomic mass is 16.7. The molecule has 8 rings (SSSR count). The third-order valence-corrected chi connectivity index (χ3v) is 14.8. The number of phenolic OH excluding ortho intramolecular Hbond substituents is 1. The Morgan fingerprint density at radius 3 is 2.39 bits per heavy atom. The average molecular weight is 946 g/mol. The lowest BCUT2D eigenvalue weighted by atomic mass is 9.78. The quantitative estimate of drug-likeness (QED) is 0.197. The molecule has 5 heterocycles. The van der Waals surface area contributed by atoms with Gasteiger partial charge in [0.2, 0.25) is 5.78 Å². The molecular formula is C53H63N5O11. The number of ketones is 2. The minimum absolute atomic E-state index is 0.00163. The van der Waals surface area contributed by atoms with Gasteiger partial charge in [0.25, 0.3) is 11.7 Å². The topological polar surface area (TPSA) is 218 Å². The number of aliphatic hydroxyl groups excluding tert-OH is 2. The molecule has 5 N–H and O–H groups in total. The number of carbonyl (C=O) groups excluding carboxylic acids is 4. The molecule has 4 aliphatic heterocycles.